The van der Waals surface area contributed by atoms with Crippen molar-refractivity contribution in [2.45, 2.75) is 13.0 Å². The number of fused-ring (bicyclic) bond motifs is 2. The number of non-ortho nitro benzene ring substituents is 1. The number of nitro groups is 1. The van der Waals surface area contributed by atoms with Gasteiger partial charge in [0.2, 0.25) is 0 Å². The molecule has 1 N–H and O–H groups in total. The summed E-state index contributed by atoms with van der Waals surface area (Å²) in [5.41, 5.74) is 1.91. The van der Waals surface area contributed by atoms with E-state index in [2.05, 4.69) is 10.3 Å². The molecule has 0 saturated heterocycles. The molecule has 0 amide bonds. The minimum atomic E-state index is -0.391. The van der Waals surface area contributed by atoms with Crippen molar-refractivity contribution in [2.24, 2.45) is 0 Å². The third kappa shape index (κ3) is 3.11. The second kappa shape index (κ2) is 6.87. The first-order chi connectivity index (χ1) is 12.7. The molecule has 0 saturated carbocycles. The van der Waals surface area contributed by atoms with Gasteiger partial charge < -0.3 is 14.8 Å². The molecule has 0 fully saturated rings. The molecule has 1 aromatic heterocycles. The first kappa shape index (κ1) is 16.1. The van der Waals surface area contributed by atoms with Gasteiger partial charge in [0.05, 0.1) is 23.5 Å². The van der Waals surface area contributed by atoms with Gasteiger partial charge >= 0.3 is 0 Å². The van der Waals surface area contributed by atoms with Crippen LogP contribution >= 0.6 is 0 Å². The minimum absolute atomic E-state index is 0.0502. The van der Waals surface area contributed by atoms with Gasteiger partial charge in [-0.25, -0.2) is 0 Å². The molecule has 0 aliphatic carbocycles. The quantitative estimate of drug-likeness (QED) is 0.566. The van der Waals surface area contributed by atoms with E-state index in [1.54, 1.807) is 18.3 Å². The van der Waals surface area contributed by atoms with Crippen molar-refractivity contribution < 1.29 is 14.4 Å². The van der Waals surface area contributed by atoms with Gasteiger partial charge in [0.25, 0.3) is 5.69 Å². The number of hydrogen-bond acceptors (Lipinski definition) is 6. The van der Waals surface area contributed by atoms with Gasteiger partial charge in [-0.15, -0.1) is 0 Å². The molecule has 1 aliphatic rings. The van der Waals surface area contributed by atoms with E-state index in [4.69, 9.17) is 9.47 Å². The number of hydrogen-bond donors (Lipinski definition) is 1. The normalized spacial score (nSPS) is 13.2. The molecule has 2 aromatic carbocycles. The van der Waals surface area contributed by atoms with Gasteiger partial charge in [-0.3, -0.25) is 15.1 Å². The lowest BCUT2D eigenvalue weighted by atomic mass is 10.1. The Balaban J connectivity index is 1.60. The standard InChI is InChI=1S/C19H17N3O4/c23-22(24)17-4-3-16(14-6-7-20-12-15(14)17)21-11-13-2-5-18-19(10-13)26-9-1-8-25-18/h2-7,10,12,21H,1,8-9,11H2. The second-order valence-corrected chi connectivity index (χ2v) is 6.00. The fourth-order valence-electron chi connectivity index (χ4n) is 3.00. The molecule has 2 heterocycles. The van der Waals surface area contributed by atoms with E-state index < -0.39 is 4.92 Å². The van der Waals surface area contributed by atoms with E-state index >= 15 is 0 Å². The van der Waals surface area contributed by atoms with Crippen molar-refractivity contribution in [1.82, 2.24) is 4.98 Å². The highest BCUT2D eigenvalue weighted by molar-refractivity contribution is 5.99. The maximum atomic E-state index is 11.2. The SMILES string of the molecule is O=[N+]([O-])c1ccc(NCc2ccc3c(c2)OCCCO3)c2ccncc12. The van der Waals surface area contributed by atoms with E-state index in [0.717, 1.165) is 34.6 Å². The zero-order valence-corrected chi connectivity index (χ0v) is 14.0. The number of ether oxygens (including phenoxy) is 2. The van der Waals surface area contributed by atoms with Crippen LogP contribution in [-0.2, 0) is 6.54 Å². The van der Waals surface area contributed by atoms with Crippen molar-refractivity contribution in [1.29, 1.82) is 0 Å². The fraction of sp³-hybridized carbons (Fsp3) is 0.211. The average Bonchev–Trinajstić information content (AvgIpc) is 2.90. The number of nitrogens with zero attached hydrogens (tertiary/aromatic N) is 2. The molecule has 0 atom stereocenters. The first-order valence-electron chi connectivity index (χ1n) is 8.36. The molecule has 132 valence electrons. The average molecular weight is 351 g/mol. The molecular formula is C19H17N3O4. The summed E-state index contributed by atoms with van der Waals surface area (Å²) in [5, 5.41) is 15.8. The number of nitro benzene ring substituents is 1. The maximum absolute atomic E-state index is 11.2. The molecule has 7 nitrogen and oxygen atoms in total. The van der Waals surface area contributed by atoms with Crippen LogP contribution in [0.15, 0.2) is 48.8 Å². The summed E-state index contributed by atoms with van der Waals surface area (Å²) in [6.07, 6.45) is 4.02. The lowest BCUT2D eigenvalue weighted by Gasteiger charge is -2.12. The zero-order chi connectivity index (χ0) is 17.9. The summed E-state index contributed by atoms with van der Waals surface area (Å²) in [6.45, 7) is 1.86. The molecule has 7 heteroatoms. The second-order valence-electron chi connectivity index (χ2n) is 6.00. The number of pyridine rings is 1. The number of nitrogens with one attached hydrogen (secondary N) is 1. The Kier molecular flexibility index (Phi) is 4.27. The van der Waals surface area contributed by atoms with Crippen LogP contribution in [0.5, 0.6) is 11.5 Å². The molecule has 0 radical (unpaired) electrons. The summed E-state index contributed by atoms with van der Waals surface area (Å²) in [7, 11) is 0. The summed E-state index contributed by atoms with van der Waals surface area (Å²) in [4.78, 5) is 14.8. The van der Waals surface area contributed by atoms with E-state index in [1.807, 2.05) is 18.2 Å². The third-order valence-corrected chi connectivity index (χ3v) is 4.29. The van der Waals surface area contributed by atoms with E-state index in [9.17, 15) is 10.1 Å². The van der Waals surface area contributed by atoms with E-state index in [1.165, 1.54) is 12.3 Å². The zero-order valence-electron chi connectivity index (χ0n) is 14.0. The highest BCUT2D eigenvalue weighted by Crippen LogP contribution is 2.33. The highest BCUT2D eigenvalue weighted by atomic mass is 16.6. The monoisotopic (exact) mass is 351 g/mol. The van der Waals surface area contributed by atoms with Crippen molar-refractivity contribution in [3.63, 3.8) is 0 Å². The maximum Gasteiger partial charge on any atom is 0.278 e. The Bertz CT molecular complexity index is 974. The Hall–Kier alpha value is -3.35. The summed E-state index contributed by atoms with van der Waals surface area (Å²) in [5.74, 6) is 1.51. The number of rotatable bonds is 4. The molecule has 0 unspecified atom stereocenters. The first-order valence-corrected chi connectivity index (χ1v) is 8.36. The van der Waals surface area contributed by atoms with Gasteiger partial charge in [0.15, 0.2) is 11.5 Å². The van der Waals surface area contributed by atoms with Crippen molar-refractivity contribution in [3.05, 3.63) is 64.5 Å². The topological polar surface area (TPSA) is 86.5 Å². The van der Waals surface area contributed by atoms with Gasteiger partial charge in [-0.05, 0) is 29.8 Å². The Morgan fingerprint density at radius 2 is 1.92 bits per heavy atom. The molecule has 3 aromatic rings. The van der Waals surface area contributed by atoms with E-state index in [0.29, 0.717) is 25.1 Å². The number of aromatic nitrogens is 1. The van der Waals surface area contributed by atoms with E-state index in [-0.39, 0.29) is 5.69 Å². The van der Waals surface area contributed by atoms with Crippen LogP contribution in [0.2, 0.25) is 0 Å². The van der Waals surface area contributed by atoms with Crippen LogP contribution < -0.4 is 14.8 Å². The molecule has 26 heavy (non-hydrogen) atoms. The molecule has 0 spiro atoms. The Morgan fingerprint density at radius 1 is 1.08 bits per heavy atom. The molecule has 0 bridgehead atoms. The largest absolute Gasteiger partial charge is 0.490 e. The highest BCUT2D eigenvalue weighted by Gasteiger charge is 2.15. The fourth-order valence-corrected chi connectivity index (χ4v) is 3.00. The minimum Gasteiger partial charge on any atom is -0.490 e. The van der Waals surface area contributed by atoms with Crippen molar-refractivity contribution in [2.75, 3.05) is 18.5 Å². The lowest BCUT2D eigenvalue weighted by molar-refractivity contribution is -0.383. The van der Waals surface area contributed by atoms with Crippen molar-refractivity contribution in [3.8, 4) is 11.5 Å². The Labute approximate surface area is 149 Å². The molecule has 4 rings (SSSR count). The summed E-state index contributed by atoms with van der Waals surface area (Å²) >= 11 is 0. The predicted molar refractivity (Wildman–Crippen MR) is 97.8 cm³/mol. The predicted octanol–water partition coefficient (Wildman–Crippen LogP) is 3.92. The van der Waals surface area contributed by atoms with Gasteiger partial charge in [-0.1, -0.05) is 6.07 Å². The van der Waals surface area contributed by atoms with Crippen LogP contribution in [0, 0.1) is 10.1 Å². The van der Waals surface area contributed by atoms with Crippen LogP contribution in [0.4, 0.5) is 11.4 Å². The molecule has 1 aliphatic heterocycles. The van der Waals surface area contributed by atoms with Crippen LogP contribution in [0.25, 0.3) is 10.8 Å². The summed E-state index contributed by atoms with van der Waals surface area (Å²) in [6, 6.07) is 10.9. The Morgan fingerprint density at radius 3 is 2.77 bits per heavy atom. The number of benzene rings is 2. The molecular weight excluding hydrogens is 334 g/mol. The van der Waals surface area contributed by atoms with Crippen LogP contribution in [-0.4, -0.2) is 23.1 Å². The van der Waals surface area contributed by atoms with Gasteiger partial charge in [-0.2, -0.15) is 0 Å². The van der Waals surface area contributed by atoms with Crippen LogP contribution in [0.3, 0.4) is 0 Å². The van der Waals surface area contributed by atoms with Gasteiger partial charge in [0.1, 0.15) is 0 Å². The number of anilines is 1. The van der Waals surface area contributed by atoms with Crippen LogP contribution in [0.1, 0.15) is 12.0 Å². The third-order valence-electron chi connectivity index (χ3n) is 4.29. The van der Waals surface area contributed by atoms with Gasteiger partial charge in [0, 0.05) is 42.5 Å². The smallest absolute Gasteiger partial charge is 0.278 e. The summed E-state index contributed by atoms with van der Waals surface area (Å²) < 4.78 is 11.4. The van der Waals surface area contributed by atoms with Crippen molar-refractivity contribution >= 4 is 22.1 Å². The lowest BCUT2D eigenvalue weighted by Crippen LogP contribution is -2.02.